The summed E-state index contributed by atoms with van der Waals surface area (Å²) in [4.78, 5) is 12.8. The Morgan fingerprint density at radius 1 is 0.708 bits per heavy atom. The molecule has 0 bridgehead atoms. The molecule has 0 unspecified atom stereocenters. The van der Waals surface area contributed by atoms with Crippen LogP contribution in [0.2, 0.25) is 0 Å². The summed E-state index contributed by atoms with van der Waals surface area (Å²) in [6.45, 7) is 0. The summed E-state index contributed by atoms with van der Waals surface area (Å²) >= 11 is 0. The van der Waals surface area contributed by atoms with Crippen LogP contribution >= 0.6 is 0 Å². The Morgan fingerprint density at radius 2 is 1.33 bits per heavy atom. The molecule has 3 rings (SSSR count). The molecule has 0 amide bonds. The Kier molecular flexibility index (Phi) is 4.38. The lowest BCUT2D eigenvalue weighted by Gasteiger charge is -2.10. The van der Waals surface area contributed by atoms with Crippen LogP contribution < -0.4 is 14.2 Å². The van der Waals surface area contributed by atoms with E-state index in [0.29, 0.717) is 22.6 Å². The van der Waals surface area contributed by atoms with Crippen LogP contribution in [0.15, 0.2) is 54.6 Å². The third kappa shape index (κ3) is 2.91. The predicted molar refractivity (Wildman–Crippen MR) is 93.5 cm³/mol. The largest absolute Gasteiger partial charge is 0.497 e. The van der Waals surface area contributed by atoms with Crippen LogP contribution in [-0.2, 0) is 0 Å². The molecule has 0 atom stereocenters. The van der Waals surface area contributed by atoms with Gasteiger partial charge in [0.2, 0.25) is 0 Å². The number of rotatable bonds is 5. The molecule has 0 N–H and O–H groups in total. The average Bonchev–Trinajstić information content (AvgIpc) is 2.65. The Bertz CT molecular complexity index is 899. The van der Waals surface area contributed by atoms with Crippen LogP contribution in [0.5, 0.6) is 17.2 Å². The lowest BCUT2D eigenvalue weighted by molar-refractivity contribution is 0.103. The predicted octanol–water partition coefficient (Wildman–Crippen LogP) is 4.10. The lowest BCUT2D eigenvalue weighted by atomic mass is 9.99. The molecule has 0 aliphatic rings. The van der Waals surface area contributed by atoms with E-state index in [9.17, 15) is 4.79 Å². The zero-order valence-corrected chi connectivity index (χ0v) is 13.8. The van der Waals surface area contributed by atoms with Gasteiger partial charge < -0.3 is 14.2 Å². The molecule has 3 aromatic rings. The third-order valence-electron chi connectivity index (χ3n) is 3.96. The number of methoxy groups -OCH3 is 3. The van der Waals surface area contributed by atoms with Crippen molar-refractivity contribution in [2.45, 2.75) is 0 Å². The highest BCUT2D eigenvalue weighted by Gasteiger charge is 2.16. The van der Waals surface area contributed by atoms with E-state index in [1.54, 1.807) is 32.4 Å². The van der Waals surface area contributed by atoms with Crippen molar-refractivity contribution >= 4 is 16.6 Å². The van der Waals surface area contributed by atoms with E-state index in [1.807, 2.05) is 36.4 Å². The molecule has 0 aliphatic heterocycles. The molecular formula is C20H18O4. The number of hydrogen-bond donors (Lipinski definition) is 0. The molecule has 0 radical (unpaired) electrons. The van der Waals surface area contributed by atoms with Gasteiger partial charge in [0.15, 0.2) is 5.78 Å². The molecule has 4 heteroatoms. The second-order valence-electron chi connectivity index (χ2n) is 5.32. The molecule has 0 aromatic heterocycles. The number of ketones is 1. The molecular weight excluding hydrogens is 304 g/mol. The van der Waals surface area contributed by atoms with E-state index in [1.165, 1.54) is 7.11 Å². The van der Waals surface area contributed by atoms with E-state index < -0.39 is 0 Å². The van der Waals surface area contributed by atoms with E-state index in [0.717, 1.165) is 16.5 Å². The van der Waals surface area contributed by atoms with Crippen LogP contribution in [0.25, 0.3) is 10.8 Å². The lowest BCUT2D eigenvalue weighted by Crippen LogP contribution is -2.04. The van der Waals surface area contributed by atoms with Gasteiger partial charge in [0.25, 0.3) is 0 Å². The van der Waals surface area contributed by atoms with Crippen LogP contribution in [0.4, 0.5) is 0 Å². The summed E-state index contributed by atoms with van der Waals surface area (Å²) < 4.78 is 15.7. The van der Waals surface area contributed by atoms with Crippen LogP contribution in [-0.4, -0.2) is 27.1 Å². The minimum Gasteiger partial charge on any atom is -0.497 e. The molecule has 0 heterocycles. The normalized spacial score (nSPS) is 10.5. The Hall–Kier alpha value is -3.01. The SMILES string of the molecule is COc1ccc(C(=O)c2ccc3cc(OC)ccc3c2)c(OC)c1. The molecule has 3 aromatic carbocycles. The van der Waals surface area contributed by atoms with Crippen molar-refractivity contribution in [1.29, 1.82) is 0 Å². The topological polar surface area (TPSA) is 44.8 Å². The number of carbonyl (C=O) groups excluding carboxylic acids is 1. The fourth-order valence-electron chi connectivity index (χ4n) is 2.63. The zero-order chi connectivity index (χ0) is 17.1. The molecule has 0 fully saturated rings. The van der Waals surface area contributed by atoms with E-state index in [-0.39, 0.29) is 5.78 Å². The second-order valence-corrected chi connectivity index (χ2v) is 5.32. The number of fused-ring (bicyclic) bond motifs is 1. The van der Waals surface area contributed by atoms with Gasteiger partial charge in [-0.2, -0.15) is 0 Å². The summed E-state index contributed by atoms with van der Waals surface area (Å²) in [6.07, 6.45) is 0. The first kappa shape index (κ1) is 15.9. The first-order valence-corrected chi connectivity index (χ1v) is 7.51. The minimum atomic E-state index is -0.0905. The van der Waals surface area contributed by atoms with E-state index >= 15 is 0 Å². The maximum Gasteiger partial charge on any atom is 0.196 e. The molecule has 0 saturated heterocycles. The third-order valence-corrected chi connectivity index (χ3v) is 3.96. The molecule has 24 heavy (non-hydrogen) atoms. The molecule has 0 saturated carbocycles. The van der Waals surface area contributed by atoms with Gasteiger partial charge in [-0.15, -0.1) is 0 Å². The van der Waals surface area contributed by atoms with Gasteiger partial charge in [-0.3, -0.25) is 4.79 Å². The summed E-state index contributed by atoms with van der Waals surface area (Å²) in [5.74, 6) is 1.84. The van der Waals surface area contributed by atoms with Gasteiger partial charge in [0.1, 0.15) is 17.2 Å². The summed E-state index contributed by atoms with van der Waals surface area (Å²) in [5, 5.41) is 2.00. The van der Waals surface area contributed by atoms with Gasteiger partial charge in [-0.1, -0.05) is 18.2 Å². The van der Waals surface area contributed by atoms with Gasteiger partial charge in [-0.05, 0) is 41.1 Å². The van der Waals surface area contributed by atoms with Gasteiger partial charge in [0.05, 0.1) is 26.9 Å². The second kappa shape index (κ2) is 6.62. The Morgan fingerprint density at radius 3 is 2.04 bits per heavy atom. The van der Waals surface area contributed by atoms with Gasteiger partial charge in [0, 0.05) is 11.6 Å². The van der Waals surface area contributed by atoms with Gasteiger partial charge in [-0.25, -0.2) is 0 Å². The standard InChI is InChI=1S/C20H18O4/c1-22-16-7-6-13-10-15(5-4-14(13)11-16)20(21)18-9-8-17(23-2)12-19(18)24-3/h4-12H,1-3H3. The maximum atomic E-state index is 12.8. The van der Waals surface area contributed by atoms with Gasteiger partial charge >= 0.3 is 0 Å². The first-order valence-electron chi connectivity index (χ1n) is 7.51. The molecule has 0 aliphatic carbocycles. The fourth-order valence-corrected chi connectivity index (χ4v) is 2.63. The number of carbonyl (C=O) groups is 1. The molecule has 4 nitrogen and oxygen atoms in total. The van der Waals surface area contributed by atoms with Crippen molar-refractivity contribution < 1.29 is 19.0 Å². The van der Waals surface area contributed by atoms with Crippen LogP contribution in [0.3, 0.4) is 0 Å². The van der Waals surface area contributed by atoms with Crippen molar-refractivity contribution in [3.63, 3.8) is 0 Å². The van der Waals surface area contributed by atoms with Crippen molar-refractivity contribution in [2.75, 3.05) is 21.3 Å². The maximum absolute atomic E-state index is 12.8. The number of benzene rings is 3. The highest BCUT2D eigenvalue weighted by Crippen LogP contribution is 2.28. The fraction of sp³-hybridized carbons (Fsp3) is 0.150. The van der Waals surface area contributed by atoms with Crippen molar-refractivity contribution in [1.82, 2.24) is 0 Å². The quantitative estimate of drug-likeness (QED) is 0.664. The highest BCUT2D eigenvalue weighted by molar-refractivity contribution is 6.12. The van der Waals surface area contributed by atoms with E-state index in [2.05, 4.69) is 0 Å². The average molecular weight is 322 g/mol. The molecule has 122 valence electrons. The van der Waals surface area contributed by atoms with Crippen molar-refractivity contribution in [3.8, 4) is 17.2 Å². The number of ether oxygens (including phenoxy) is 3. The summed E-state index contributed by atoms with van der Waals surface area (Å²) in [6, 6.07) is 16.5. The number of hydrogen-bond acceptors (Lipinski definition) is 4. The Labute approximate surface area is 140 Å². The van der Waals surface area contributed by atoms with Crippen molar-refractivity contribution in [3.05, 3.63) is 65.7 Å². The summed E-state index contributed by atoms with van der Waals surface area (Å²) in [7, 11) is 4.75. The highest BCUT2D eigenvalue weighted by atomic mass is 16.5. The van der Waals surface area contributed by atoms with Crippen LogP contribution in [0, 0.1) is 0 Å². The monoisotopic (exact) mass is 322 g/mol. The Balaban J connectivity index is 2.02. The van der Waals surface area contributed by atoms with Crippen LogP contribution in [0.1, 0.15) is 15.9 Å². The van der Waals surface area contributed by atoms with Crippen molar-refractivity contribution in [2.24, 2.45) is 0 Å². The molecule has 0 spiro atoms. The first-order chi connectivity index (χ1) is 11.7. The minimum absolute atomic E-state index is 0.0905. The zero-order valence-electron chi connectivity index (χ0n) is 13.8. The smallest absolute Gasteiger partial charge is 0.196 e. The summed E-state index contributed by atoms with van der Waals surface area (Å²) in [5.41, 5.74) is 1.11. The van der Waals surface area contributed by atoms with E-state index in [4.69, 9.17) is 14.2 Å².